The number of carbonyl (C=O) groups is 2. The van der Waals surface area contributed by atoms with Crippen molar-refractivity contribution in [3.63, 3.8) is 0 Å². The fourth-order valence-electron chi connectivity index (χ4n) is 2.76. The topological polar surface area (TPSA) is 99.0 Å². The summed E-state index contributed by atoms with van der Waals surface area (Å²) < 4.78 is 61.9. The Balaban J connectivity index is 2.27. The molecule has 1 aromatic carbocycles. The smallest absolute Gasteiger partial charge is 0.436 e. The van der Waals surface area contributed by atoms with Crippen molar-refractivity contribution in [3.8, 4) is 11.5 Å². The molecule has 8 nitrogen and oxygen atoms in total. The fourth-order valence-corrected chi connectivity index (χ4v) is 2.76. The molecule has 0 aliphatic rings. The van der Waals surface area contributed by atoms with E-state index in [1.165, 1.54) is 33.3 Å². The number of hydrogen-bond acceptors (Lipinski definition) is 7. The van der Waals surface area contributed by atoms with E-state index in [1.54, 1.807) is 23.5 Å². The van der Waals surface area contributed by atoms with Crippen LogP contribution in [0.2, 0.25) is 0 Å². The standard InChI is InChI=1S/C20H23F3N2O6/c1-4-30-18(27)19(20(21,22)23,25-17(26)15-6-5-11-31-15)24-10-9-13-7-8-14(28-2)16(12-13)29-3/h5-8,11-12,24H,4,9-10H2,1-3H3,(H,25,26)/t19-/m0/s1. The molecule has 1 atom stereocenters. The van der Waals surface area contributed by atoms with Crippen molar-refractivity contribution in [1.82, 2.24) is 10.6 Å². The predicted octanol–water partition coefficient (Wildman–Crippen LogP) is 2.68. The number of rotatable bonds is 10. The molecule has 0 fully saturated rings. The highest BCUT2D eigenvalue weighted by molar-refractivity contribution is 5.96. The van der Waals surface area contributed by atoms with Crippen LogP contribution in [0.3, 0.4) is 0 Å². The van der Waals surface area contributed by atoms with Crippen LogP contribution >= 0.6 is 0 Å². The molecule has 0 saturated carbocycles. The highest BCUT2D eigenvalue weighted by Gasteiger charge is 2.63. The Morgan fingerprint density at radius 2 is 1.81 bits per heavy atom. The van der Waals surface area contributed by atoms with E-state index in [1.807, 2.05) is 0 Å². The third-order valence-corrected chi connectivity index (χ3v) is 4.30. The SMILES string of the molecule is CCOC(=O)[C@](NCCc1ccc(OC)c(OC)c1)(NC(=O)c1ccco1)C(F)(F)F. The van der Waals surface area contributed by atoms with E-state index in [0.29, 0.717) is 17.1 Å². The molecule has 0 saturated heterocycles. The number of furan rings is 1. The van der Waals surface area contributed by atoms with Crippen LogP contribution in [-0.4, -0.2) is 51.1 Å². The van der Waals surface area contributed by atoms with Crippen molar-refractivity contribution in [2.75, 3.05) is 27.4 Å². The van der Waals surface area contributed by atoms with Gasteiger partial charge in [0.1, 0.15) is 0 Å². The predicted molar refractivity (Wildman–Crippen MR) is 103 cm³/mol. The summed E-state index contributed by atoms with van der Waals surface area (Å²) in [5, 5.41) is 3.82. The molecule has 0 radical (unpaired) electrons. The summed E-state index contributed by atoms with van der Waals surface area (Å²) in [4.78, 5) is 24.6. The molecule has 0 bridgehead atoms. The number of nitrogens with one attached hydrogen (secondary N) is 2. The molecule has 31 heavy (non-hydrogen) atoms. The quantitative estimate of drug-likeness (QED) is 0.429. The number of esters is 1. The van der Waals surface area contributed by atoms with Crippen LogP contribution in [-0.2, 0) is 16.0 Å². The van der Waals surface area contributed by atoms with Crippen LogP contribution < -0.4 is 20.1 Å². The van der Waals surface area contributed by atoms with E-state index in [-0.39, 0.29) is 25.3 Å². The van der Waals surface area contributed by atoms with E-state index in [2.05, 4.69) is 10.1 Å². The molecule has 0 aliphatic carbocycles. The number of carbonyl (C=O) groups excluding carboxylic acids is 2. The van der Waals surface area contributed by atoms with Crippen molar-refractivity contribution in [3.05, 3.63) is 47.9 Å². The lowest BCUT2D eigenvalue weighted by Crippen LogP contribution is -2.73. The lowest BCUT2D eigenvalue weighted by Gasteiger charge is -2.34. The van der Waals surface area contributed by atoms with Crippen molar-refractivity contribution >= 4 is 11.9 Å². The van der Waals surface area contributed by atoms with Gasteiger partial charge in [-0.05, 0) is 43.2 Å². The summed E-state index contributed by atoms with van der Waals surface area (Å²) >= 11 is 0. The number of alkyl halides is 3. The molecule has 11 heteroatoms. The summed E-state index contributed by atoms with van der Waals surface area (Å²) in [6.45, 7) is 0.716. The number of halogens is 3. The van der Waals surface area contributed by atoms with E-state index in [9.17, 15) is 22.8 Å². The third-order valence-electron chi connectivity index (χ3n) is 4.30. The van der Waals surface area contributed by atoms with Crippen molar-refractivity contribution < 1.29 is 41.4 Å². The van der Waals surface area contributed by atoms with Gasteiger partial charge in [0.2, 0.25) is 0 Å². The van der Waals surface area contributed by atoms with Crippen LogP contribution in [0.5, 0.6) is 11.5 Å². The molecular weight excluding hydrogens is 421 g/mol. The zero-order valence-electron chi connectivity index (χ0n) is 17.2. The summed E-state index contributed by atoms with van der Waals surface area (Å²) in [6.07, 6.45) is -4.01. The molecule has 2 N–H and O–H groups in total. The average Bonchev–Trinajstić information content (AvgIpc) is 3.27. The lowest BCUT2D eigenvalue weighted by molar-refractivity contribution is -0.218. The molecule has 2 rings (SSSR count). The van der Waals surface area contributed by atoms with Crippen LogP contribution in [0.1, 0.15) is 23.0 Å². The normalized spacial score (nSPS) is 13.2. The minimum Gasteiger partial charge on any atom is -0.493 e. The molecule has 0 unspecified atom stereocenters. The first-order valence-corrected chi connectivity index (χ1v) is 9.24. The third kappa shape index (κ3) is 5.48. The minimum absolute atomic E-state index is 0.0776. The Bertz CT molecular complexity index is 886. The van der Waals surface area contributed by atoms with Gasteiger partial charge in [-0.2, -0.15) is 13.2 Å². The van der Waals surface area contributed by atoms with E-state index >= 15 is 0 Å². The molecule has 0 spiro atoms. The van der Waals surface area contributed by atoms with E-state index in [0.717, 1.165) is 6.26 Å². The first-order chi connectivity index (χ1) is 14.7. The molecule has 1 aromatic heterocycles. The minimum atomic E-state index is -5.21. The Morgan fingerprint density at radius 3 is 2.35 bits per heavy atom. The monoisotopic (exact) mass is 444 g/mol. The number of ether oxygens (including phenoxy) is 3. The molecule has 1 amide bonds. The van der Waals surface area contributed by atoms with Crippen molar-refractivity contribution in [2.24, 2.45) is 0 Å². The summed E-state index contributed by atoms with van der Waals surface area (Å²) in [5.74, 6) is -2.44. The highest BCUT2D eigenvalue weighted by Crippen LogP contribution is 2.31. The first kappa shape index (κ1) is 24.1. The fraction of sp³-hybridized carbons (Fsp3) is 0.400. The van der Waals surface area contributed by atoms with Gasteiger partial charge in [-0.25, -0.2) is 4.79 Å². The Labute approximate surface area is 176 Å². The molecule has 2 aromatic rings. The lowest BCUT2D eigenvalue weighted by atomic mass is 10.1. The highest BCUT2D eigenvalue weighted by atomic mass is 19.4. The van der Waals surface area contributed by atoms with Gasteiger partial charge in [-0.15, -0.1) is 0 Å². The maximum Gasteiger partial charge on any atom is 0.436 e. The molecular formula is C20H23F3N2O6. The van der Waals surface area contributed by atoms with Crippen LogP contribution in [0.4, 0.5) is 13.2 Å². The number of methoxy groups -OCH3 is 2. The van der Waals surface area contributed by atoms with Gasteiger partial charge < -0.3 is 23.9 Å². The second-order valence-corrected chi connectivity index (χ2v) is 6.27. The second-order valence-electron chi connectivity index (χ2n) is 6.27. The van der Waals surface area contributed by atoms with Crippen molar-refractivity contribution in [2.45, 2.75) is 25.2 Å². The Kier molecular flexibility index (Phi) is 7.92. The summed E-state index contributed by atoms with van der Waals surface area (Å²) in [5.41, 5.74) is -2.86. The van der Waals surface area contributed by atoms with Gasteiger partial charge in [0.05, 0.1) is 27.1 Å². The van der Waals surface area contributed by atoms with E-state index < -0.39 is 23.7 Å². The number of benzene rings is 1. The molecule has 1 heterocycles. The van der Waals surface area contributed by atoms with Crippen LogP contribution in [0.15, 0.2) is 41.0 Å². The molecule has 0 aliphatic heterocycles. The van der Waals surface area contributed by atoms with Gasteiger partial charge in [-0.3, -0.25) is 10.1 Å². The zero-order chi connectivity index (χ0) is 23.1. The van der Waals surface area contributed by atoms with Gasteiger partial charge in [0.15, 0.2) is 17.3 Å². The largest absolute Gasteiger partial charge is 0.493 e. The zero-order valence-corrected chi connectivity index (χ0v) is 17.2. The maximum absolute atomic E-state index is 14.0. The van der Waals surface area contributed by atoms with Gasteiger partial charge >= 0.3 is 12.1 Å². The summed E-state index contributed by atoms with van der Waals surface area (Å²) in [7, 11) is 2.89. The van der Waals surface area contributed by atoms with Crippen LogP contribution in [0, 0.1) is 0 Å². The van der Waals surface area contributed by atoms with E-state index in [4.69, 9.17) is 13.9 Å². The Morgan fingerprint density at radius 1 is 1.10 bits per heavy atom. The number of hydrogen-bond donors (Lipinski definition) is 2. The van der Waals surface area contributed by atoms with Gasteiger partial charge in [-0.1, -0.05) is 6.07 Å². The maximum atomic E-state index is 14.0. The first-order valence-electron chi connectivity index (χ1n) is 9.24. The summed E-state index contributed by atoms with van der Waals surface area (Å²) in [6, 6.07) is 7.35. The van der Waals surface area contributed by atoms with Crippen molar-refractivity contribution in [1.29, 1.82) is 0 Å². The average molecular weight is 444 g/mol. The van der Waals surface area contributed by atoms with Crippen LogP contribution in [0.25, 0.3) is 0 Å². The molecule has 170 valence electrons. The second kappa shape index (κ2) is 10.2. The van der Waals surface area contributed by atoms with Gasteiger partial charge in [0, 0.05) is 6.54 Å². The Hall–Kier alpha value is -3.21. The van der Waals surface area contributed by atoms with Gasteiger partial charge in [0.25, 0.3) is 11.6 Å². The number of amides is 1.